The molecule has 198 valence electrons. The fourth-order valence-corrected chi connectivity index (χ4v) is 5.12. The highest BCUT2D eigenvalue weighted by Crippen LogP contribution is 2.31. The van der Waals surface area contributed by atoms with E-state index in [1.54, 1.807) is 0 Å². The van der Waals surface area contributed by atoms with Gasteiger partial charge in [0.05, 0.1) is 12.6 Å². The summed E-state index contributed by atoms with van der Waals surface area (Å²) in [5, 5.41) is 14.8. The maximum Gasteiger partial charge on any atom is 0.414 e. The molecule has 0 bridgehead atoms. The predicted molar refractivity (Wildman–Crippen MR) is 133 cm³/mol. The maximum atomic E-state index is 12.6. The first-order chi connectivity index (χ1) is 17.3. The molecule has 3 saturated heterocycles. The number of aliphatic carboxylic acids is 2. The lowest BCUT2D eigenvalue weighted by Gasteiger charge is -2.38. The molecule has 2 N–H and O–H groups in total. The van der Waals surface area contributed by atoms with Crippen molar-refractivity contribution in [3.63, 3.8) is 0 Å². The van der Waals surface area contributed by atoms with Gasteiger partial charge in [-0.05, 0) is 44.2 Å². The van der Waals surface area contributed by atoms with Gasteiger partial charge in [-0.3, -0.25) is 14.5 Å². The lowest BCUT2D eigenvalue weighted by atomic mass is 9.94. The van der Waals surface area contributed by atoms with Crippen LogP contribution in [0.4, 0.5) is 0 Å². The SMILES string of the molecule is O=C(CN1CCN(CCCN2C(=O)CCCC2c2ccccc2)CC1)N1CCCC1.O=C(O)C(=O)O. The first kappa shape index (κ1) is 27.6. The third-order valence-electron chi connectivity index (χ3n) is 7.09. The maximum absolute atomic E-state index is 12.6. The van der Waals surface area contributed by atoms with Gasteiger partial charge in [-0.2, -0.15) is 0 Å². The summed E-state index contributed by atoms with van der Waals surface area (Å²) in [7, 11) is 0. The summed E-state index contributed by atoms with van der Waals surface area (Å²) in [6, 6.07) is 10.7. The molecular formula is C26H38N4O6. The van der Waals surface area contributed by atoms with E-state index in [1.165, 1.54) is 5.56 Å². The molecule has 3 aliphatic rings. The van der Waals surface area contributed by atoms with Crippen LogP contribution in [0.1, 0.15) is 50.1 Å². The largest absolute Gasteiger partial charge is 0.473 e. The minimum Gasteiger partial charge on any atom is -0.473 e. The first-order valence-corrected chi connectivity index (χ1v) is 12.9. The number of amides is 2. The molecule has 3 heterocycles. The van der Waals surface area contributed by atoms with Gasteiger partial charge in [-0.1, -0.05) is 30.3 Å². The zero-order valence-electron chi connectivity index (χ0n) is 20.9. The molecule has 2 amide bonds. The first-order valence-electron chi connectivity index (χ1n) is 12.9. The van der Waals surface area contributed by atoms with Crippen molar-refractivity contribution in [2.75, 3.05) is 58.9 Å². The number of piperidine rings is 1. The van der Waals surface area contributed by atoms with Gasteiger partial charge < -0.3 is 24.9 Å². The molecule has 0 saturated carbocycles. The summed E-state index contributed by atoms with van der Waals surface area (Å²) in [5.41, 5.74) is 1.27. The highest BCUT2D eigenvalue weighted by Gasteiger charge is 2.29. The number of hydrogen-bond donors (Lipinski definition) is 2. The fraction of sp³-hybridized carbons (Fsp3) is 0.615. The minimum atomic E-state index is -1.82. The van der Waals surface area contributed by atoms with Crippen molar-refractivity contribution >= 4 is 23.8 Å². The lowest BCUT2D eigenvalue weighted by molar-refractivity contribution is -0.159. The van der Waals surface area contributed by atoms with Crippen LogP contribution >= 0.6 is 0 Å². The Morgan fingerprint density at radius 2 is 1.42 bits per heavy atom. The van der Waals surface area contributed by atoms with Crippen molar-refractivity contribution in [3.05, 3.63) is 35.9 Å². The van der Waals surface area contributed by atoms with Crippen molar-refractivity contribution in [2.45, 2.75) is 44.6 Å². The Bertz CT molecular complexity index is 870. The van der Waals surface area contributed by atoms with Gasteiger partial charge in [0, 0.05) is 52.2 Å². The Balaban J connectivity index is 0.000000538. The molecule has 1 unspecified atom stereocenters. The van der Waals surface area contributed by atoms with Crippen LogP contribution in [0.3, 0.4) is 0 Å². The Hall–Kier alpha value is -2.98. The monoisotopic (exact) mass is 502 g/mol. The summed E-state index contributed by atoms with van der Waals surface area (Å²) in [4.78, 5) is 52.1. The summed E-state index contributed by atoms with van der Waals surface area (Å²) in [6.45, 7) is 8.30. The van der Waals surface area contributed by atoms with E-state index in [0.29, 0.717) is 24.8 Å². The highest BCUT2D eigenvalue weighted by molar-refractivity contribution is 6.27. The smallest absolute Gasteiger partial charge is 0.414 e. The average Bonchev–Trinajstić information content (AvgIpc) is 3.42. The van der Waals surface area contributed by atoms with Crippen LogP contribution in [0.15, 0.2) is 30.3 Å². The van der Waals surface area contributed by atoms with Gasteiger partial charge >= 0.3 is 11.9 Å². The number of carbonyl (C=O) groups is 4. The van der Waals surface area contributed by atoms with Crippen LogP contribution in [0, 0.1) is 0 Å². The summed E-state index contributed by atoms with van der Waals surface area (Å²) in [5.74, 6) is -3.04. The number of carbonyl (C=O) groups excluding carboxylic acids is 2. The molecule has 1 atom stereocenters. The summed E-state index contributed by atoms with van der Waals surface area (Å²) in [6.07, 6.45) is 6.08. The van der Waals surface area contributed by atoms with E-state index in [0.717, 1.165) is 84.5 Å². The molecule has 0 spiro atoms. The molecule has 4 rings (SSSR count). The molecule has 10 nitrogen and oxygen atoms in total. The summed E-state index contributed by atoms with van der Waals surface area (Å²) >= 11 is 0. The Morgan fingerprint density at radius 3 is 2.03 bits per heavy atom. The number of benzene rings is 1. The number of nitrogens with zero attached hydrogens (tertiary/aromatic N) is 4. The normalized spacial score (nSPS) is 21.1. The highest BCUT2D eigenvalue weighted by atomic mass is 16.4. The number of likely N-dealkylation sites (tertiary alicyclic amines) is 2. The van der Waals surface area contributed by atoms with E-state index in [4.69, 9.17) is 19.8 Å². The molecule has 3 fully saturated rings. The summed E-state index contributed by atoms with van der Waals surface area (Å²) < 4.78 is 0. The zero-order chi connectivity index (χ0) is 25.9. The van der Waals surface area contributed by atoms with Crippen LogP contribution in [-0.4, -0.2) is 112 Å². The molecule has 3 aliphatic heterocycles. The van der Waals surface area contributed by atoms with Crippen molar-refractivity contribution in [2.24, 2.45) is 0 Å². The Kier molecular flexibility index (Phi) is 10.7. The second-order valence-electron chi connectivity index (χ2n) is 9.58. The molecule has 1 aromatic carbocycles. The Morgan fingerprint density at radius 1 is 0.806 bits per heavy atom. The standard InChI is InChI=1S/C24H36N4O2.C2H2O4/c29-23-11-6-10-22(21-8-2-1-3-9-21)28(23)15-7-12-25-16-18-26(19-17-25)20-24(30)27-13-4-5-14-27;3-1(4)2(5)6/h1-3,8-9,22H,4-7,10-20H2;(H,3,4)(H,5,6). The van der Waals surface area contributed by atoms with Crippen molar-refractivity contribution in [1.29, 1.82) is 0 Å². The average molecular weight is 503 g/mol. The molecule has 10 heteroatoms. The third-order valence-corrected chi connectivity index (χ3v) is 7.09. The van der Waals surface area contributed by atoms with Gasteiger partial charge in [0.15, 0.2) is 0 Å². The van der Waals surface area contributed by atoms with E-state index in [1.807, 2.05) is 11.0 Å². The van der Waals surface area contributed by atoms with Crippen LogP contribution in [0.25, 0.3) is 0 Å². The minimum absolute atomic E-state index is 0.237. The molecule has 0 radical (unpaired) electrons. The van der Waals surface area contributed by atoms with Crippen molar-refractivity contribution < 1.29 is 29.4 Å². The van der Waals surface area contributed by atoms with Crippen LogP contribution in [0.5, 0.6) is 0 Å². The fourth-order valence-electron chi connectivity index (χ4n) is 5.12. The number of piperazine rings is 1. The van der Waals surface area contributed by atoms with E-state index >= 15 is 0 Å². The Labute approximate surface area is 212 Å². The molecular weight excluding hydrogens is 464 g/mol. The van der Waals surface area contributed by atoms with E-state index in [9.17, 15) is 9.59 Å². The molecule has 0 aromatic heterocycles. The lowest BCUT2D eigenvalue weighted by Crippen LogP contribution is -2.50. The van der Waals surface area contributed by atoms with Gasteiger partial charge in [0.2, 0.25) is 11.8 Å². The number of carboxylic acid groups (broad SMARTS) is 2. The predicted octanol–water partition coefficient (Wildman–Crippen LogP) is 1.53. The second-order valence-corrected chi connectivity index (χ2v) is 9.58. The number of carboxylic acids is 2. The van der Waals surface area contributed by atoms with E-state index in [2.05, 4.69) is 39.0 Å². The molecule has 1 aromatic rings. The third kappa shape index (κ3) is 8.30. The second kappa shape index (κ2) is 13.9. The van der Waals surface area contributed by atoms with Gasteiger partial charge in [-0.15, -0.1) is 0 Å². The van der Waals surface area contributed by atoms with E-state index < -0.39 is 11.9 Å². The van der Waals surface area contributed by atoms with E-state index in [-0.39, 0.29) is 6.04 Å². The molecule has 36 heavy (non-hydrogen) atoms. The number of hydrogen-bond acceptors (Lipinski definition) is 6. The van der Waals surface area contributed by atoms with Crippen LogP contribution in [0.2, 0.25) is 0 Å². The molecule has 0 aliphatic carbocycles. The van der Waals surface area contributed by atoms with Gasteiger partial charge in [-0.25, -0.2) is 9.59 Å². The van der Waals surface area contributed by atoms with Gasteiger partial charge in [0.1, 0.15) is 0 Å². The van der Waals surface area contributed by atoms with Crippen molar-refractivity contribution in [1.82, 2.24) is 19.6 Å². The number of rotatable bonds is 7. The van der Waals surface area contributed by atoms with Crippen LogP contribution < -0.4 is 0 Å². The van der Waals surface area contributed by atoms with Crippen LogP contribution in [-0.2, 0) is 19.2 Å². The van der Waals surface area contributed by atoms with Gasteiger partial charge in [0.25, 0.3) is 0 Å². The topological polar surface area (TPSA) is 122 Å². The quantitative estimate of drug-likeness (QED) is 0.539. The zero-order valence-corrected chi connectivity index (χ0v) is 20.9. The van der Waals surface area contributed by atoms with Crippen molar-refractivity contribution in [3.8, 4) is 0 Å².